The molecule has 2 N–H and O–H groups in total. The zero-order valence-corrected chi connectivity index (χ0v) is 17.1. The highest BCUT2D eigenvalue weighted by Crippen LogP contribution is 2.38. The van der Waals surface area contributed by atoms with Crippen LogP contribution in [0.4, 0.5) is 38.6 Å². The van der Waals surface area contributed by atoms with Gasteiger partial charge in [0.05, 0.1) is 5.69 Å². The fourth-order valence-corrected chi connectivity index (χ4v) is 3.56. The van der Waals surface area contributed by atoms with Crippen molar-refractivity contribution in [2.24, 2.45) is 0 Å². The zero-order valence-electron chi connectivity index (χ0n) is 16.3. The fourth-order valence-electron chi connectivity index (χ4n) is 2.85. The lowest BCUT2D eigenvalue weighted by Gasteiger charge is -2.11. The molecule has 0 unspecified atom stereocenters. The molecule has 4 aromatic rings. The number of carbonyl (C=O) groups excluding carboxylic acids is 1. The van der Waals surface area contributed by atoms with E-state index in [9.17, 15) is 26.7 Å². The zero-order chi connectivity index (χ0) is 23.6. The van der Waals surface area contributed by atoms with Crippen LogP contribution >= 0.6 is 11.3 Å². The van der Waals surface area contributed by atoms with E-state index in [4.69, 9.17) is 0 Å². The van der Waals surface area contributed by atoms with Crippen LogP contribution in [-0.2, 0) is 6.18 Å². The summed E-state index contributed by atoms with van der Waals surface area (Å²) in [5, 5.41) is 6.83. The van der Waals surface area contributed by atoms with Crippen LogP contribution in [0.5, 0.6) is 0 Å². The number of halogens is 5. The molecule has 12 heteroatoms. The third-order valence-corrected chi connectivity index (χ3v) is 5.13. The molecule has 168 valence electrons. The van der Waals surface area contributed by atoms with Crippen LogP contribution in [0.2, 0.25) is 0 Å². The largest absolute Gasteiger partial charge is 0.422 e. The maximum absolute atomic E-state index is 14.3. The van der Waals surface area contributed by atoms with E-state index in [-0.39, 0.29) is 16.4 Å². The fraction of sp³-hybridized carbons (Fsp3) is 0.0476. The Hall–Kier alpha value is -3.93. The first-order valence-electron chi connectivity index (χ1n) is 9.18. The molecule has 6 nitrogen and oxygen atoms in total. The highest BCUT2D eigenvalue weighted by Gasteiger charge is 2.39. The molecular weight excluding hydrogens is 465 g/mol. The summed E-state index contributed by atoms with van der Waals surface area (Å²) in [6.07, 6.45) is -2.25. The summed E-state index contributed by atoms with van der Waals surface area (Å²) in [6, 6.07) is 9.45. The summed E-state index contributed by atoms with van der Waals surface area (Å²) < 4.78 is 66.7. The summed E-state index contributed by atoms with van der Waals surface area (Å²) in [6.45, 7) is 0. The van der Waals surface area contributed by atoms with Crippen molar-refractivity contribution < 1.29 is 26.7 Å². The molecule has 33 heavy (non-hydrogen) atoms. The number of hydrogen-bond acceptors (Lipinski definition) is 6. The normalized spacial score (nSPS) is 11.3. The van der Waals surface area contributed by atoms with Gasteiger partial charge < -0.3 is 5.32 Å². The first-order valence-corrected chi connectivity index (χ1v) is 10.1. The molecule has 1 amide bonds. The van der Waals surface area contributed by atoms with Crippen molar-refractivity contribution in [1.82, 2.24) is 15.0 Å². The Labute approximate surface area is 187 Å². The van der Waals surface area contributed by atoms with Crippen molar-refractivity contribution in [3.05, 3.63) is 83.1 Å². The van der Waals surface area contributed by atoms with Gasteiger partial charge >= 0.3 is 6.18 Å². The summed E-state index contributed by atoms with van der Waals surface area (Å²) >= 11 is 0.887. The monoisotopic (exact) mass is 477 g/mol. The molecule has 0 saturated carbocycles. The lowest BCUT2D eigenvalue weighted by atomic mass is 10.1. The Morgan fingerprint density at radius 3 is 2.42 bits per heavy atom. The number of alkyl halides is 3. The predicted octanol–water partition coefficient (Wildman–Crippen LogP) is 5.89. The van der Waals surface area contributed by atoms with Crippen LogP contribution in [0.25, 0.3) is 11.3 Å². The van der Waals surface area contributed by atoms with Gasteiger partial charge in [-0.15, -0.1) is 11.3 Å². The molecule has 0 aliphatic heterocycles. The first-order chi connectivity index (χ1) is 15.7. The maximum atomic E-state index is 14.3. The topological polar surface area (TPSA) is 79.8 Å². The number of nitrogens with one attached hydrogen (secondary N) is 2. The van der Waals surface area contributed by atoms with Gasteiger partial charge in [-0.1, -0.05) is 0 Å². The molecule has 0 fully saturated rings. The second kappa shape index (κ2) is 8.90. The average Bonchev–Trinajstić information content (AvgIpc) is 3.22. The van der Waals surface area contributed by atoms with E-state index in [1.54, 1.807) is 36.5 Å². The molecule has 0 atom stereocenters. The van der Waals surface area contributed by atoms with E-state index < -0.39 is 34.8 Å². The molecular formula is C21H12F5N5OS. The first kappa shape index (κ1) is 22.3. The van der Waals surface area contributed by atoms with Gasteiger partial charge in [-0.05, 0) is 42.5 Å². The summed E-state index contributed by atoms with van der Waals surface area (Å²) in [5.41, 5.74) is -1.72. The second-order valence-corrected chi connectivity index (χ2v) is 7.43. The third kappa shape index (κ3) is 4.95. The van der Waals surface area contributed by atoms with Crippen LogP contribution in [0.1, 0.15) is 15.9 Å². The highest BCUT2D eigenvalue weighted by molar-refractivity contribution is 7.14. The van der Waals surface area contributed by atoms with Crippen molar-refractivity contribution >= 4 is 33.9 Å². The van der Waals surface area contributed by atoms with Gasteiger partial charge in [0.25, 0.3) is 5.91 Å². The quantitative estimate of drug-likeness (QED) is 0.350. The third-order valence-electron chi connectivity index (χ3n) is 4.38. The SMILES string of the molecule is O=C(Nc1nc(-c2ccc(F)c(C(F)(F)F)c2F)cs1)c1ccc(Nc2ccncn2)cc1. The van der Waals surface area contributed by atoms with Crippen LogP contribution < -0.4 is 10.6 Å². The van der Waals surface area contributed by atoms with Gasteiger partial charge in [0.1, 0.15) is 29.3 Å². The predicted molar refractivity (Wildman–Crippen MR) is 112 cm³/mol. The maximum Gasteiger partial charge on any atom is 0.422 e. The van der Waals surface area contributed by atoms with Crippen molar-refractivity contribution in [2.75, 3.05) is 10.6 Å². The van der Waals surface area contributed by atoms with Crippen molar-refractivity contribution in [3.8, 4) is 11.3 Å². The minimum Gasteiger partial charge on any atom is -0.340 e. The molecule has 0 bridgehead atoms. The Balaban J connectivity index is 1.48. The van der Waals surface area contributed by atoms with Gasteiger partial charge in [-0.2, -0.15) is 13.2 Å². The molecule has 4 rings (SSSR count). The molecule has 0 saturated heterocycles. The van der Waals surface area contributed by atoms with Crippen molar-refractivity contribution in [3.63, 3.8) is 0 Å². The highest BCUT2D eigenvalue weighted by atomic mass is 32.1. The molecule has 0 radical (unpaired) electrons. The van der Waals surface area contributed by atoms with E-state index >= 15 is 0 Å². The summed E-state index contributed by atoms with van der Waals surface area (Å²) in [4.78, 5) is 24.3. The van der Waals surface area contributed by atoms with Crippen LogP contribution in [0, 0.1) is 11.6 Å². The lowest BCUT2D eigenvalue weighted by Crippen LogP contribution is -2.12. The molecule has 0 aliphatic carbocycles. The number of aromatic nitrogens is 3. The number of rotatable bonds is 5. The van der Waals surface area contributed by atoms with E-state index in [0.29, 0.717) is 17.6 Å². The number of anilines is 3. The molecule has 0 spiro atoms. The number of amides is 1. The van der Waals surface area contributed by atoms with Crippen molar-refractivity contribution in [1.29, 1.82) is 0 Å². The van der Waals surface area contributed by atoms with E-state index in [0.717, 1.165) is 17.4 Å². The molecule has 2 heterocycles. The molecule has 2 aromatic carbocycles. The Morgan fingerprint density at radius 2 is 1.76 bits per heavy atom. The number of carbonyl (C=O) groups is 1. The van der Waals surface area contributed by atoms with Gasteiger partial charge in [0.2, 0.25) is 0 Å². The Bertz CT molecular complexity index is 1290. The standard InChI is InChI=1S/C21H12F5N5OS/c22-14-6-5-13(18(23)17(14)21(24,25)26)15-9-33-20(30-15)31-19(32)11-1-3-12(4-2-11)29-16-7-8-27-10-28-16/h1-10H,(H,27,28,29)(H,30,31,32). The van der Waals surface area contributed by atoms with Crippen molar-refractivity contribution in [2.45, 2.75) is 6.18 Å². The second-order valence-electron chi connectivity index (χ2n) is 6.57. The smallest absolute Gasteiger partial charge is 0.340 e. The van der Waals surface area contributed by atoms with Gasteiger partial charge in [0.15, 0.2) is 5.13 Å². The number of nitrogens with zero attached hydrogens (tertiary/aromatic N) is 3. The lowest BCUT2D eigenvalue weighted by molar-refractivity contribution is -0.142. The summed E-state index contributed by atoms with van der Waals surface area (Å²) in [5.74, 6) is -3.44. The van der Waals surface area contributed by atoms with Crippen LogP contribution in [-0.4, -0.2) is 20.9 Å². The number of hydrogen-bond donors (Lipinski definition) is 2. The van der Waals surface area contributed by atoms with Gasteiger partial charge in [-0.3, -0.25) is 10.1 Å². The minimum atomic E-state index is -5.20. The van der Waals surface area contributed by atoms with E-state index in [2.05, 4.69) is 25.6 Å². The Kier molecular flexibility index (Phi) is 6.01. The van der Waals surface area contributed by atoms with E-state index in [1.165, 1.54) is 11.7 Å². The number of thiazole rings is 1. The van der Waals surface area contributed by atoms with Gasteiger partial charge in [-0.25, -0.2) is 23.7 Å². The van der Waals surface area contributed by atoms with Crippen LogP contribution in [0.3, 0.4) is 0 Å². The van der Waals surface area contributed by atoms with E-state index in [1.807, 2.05) is 0 Å². The Morgan fingerprint density at radius 1 is 1.00 bits per heavy atom. The molecule has 2 aromatic heterocycles. The average molecular weight is 477 g/mol. The molecule has 0 aliphatic rings. The van der Waals surface area contributed by atoms with Gasteiger partial charge in [0, 0.05) is 28.4 Å². The van der Waals surface area contributed by atoms with Crippen LogP contribution in [0.15, 0.2) is 60.4 Å². The summed E-state index contributed by atoms with van der Waals surface area (Å²) in [7, 11) is 0. The minimum absolute atomic E-state index is 0.0375. The number of benzene rings is 2.